The van der Waals surface area contributed by atoms with Gasteiger partial charge in [0.15, 0.2) is 0 Å². The van der Waals surface area contributed by atoms with Crippen molar-refractivity contribution in [3.8, 4) is 0 Å². The van der Waals surface area contributed by atoms with E-state index >= 15 is 0 Å². The van der Waals surface area contributed by atoms with Gasteiger partial charge >= 0.3 is 0 Å². The van der Waals surface area contributed by atoms with Gasteiger partial charge in [-0.2, -0.15) is 0 Å². The third-order valence-electron chi connectivity index (χ3n) is 2.21. The Morgan fingerprint density at radius 3 is 2.88 bits per heavy atom. The molecule has 0 aliphatic carbocycles. The minimum absolute atomic E-state index is 0.0446. The molecular weight excluding hydrogens is 222 g/mol. The summed E-state index contributed by atoms with van der Waals surface area (Å²) < 4.78 is 0. The highest BCUT2D eigenvalue weighted by Gasteiger charge is 2.12. The highest BCUT2D eigenvalue weighted by molar-refractivity contribution is 5.93. The van der Waals surface area contributed by atoms with Crippen LogP contribution in [0.5, 0.6) is 0 Å². The number of benzene rings is 1. The van der Waals surface area contributed by atoms with Crippen molar-refractivity contribution in [2.24, 2.45) is 0 Å². The molecule has 86 valence electrons. The number of pyridine rings is 1. The van der Waals surface area contributed by atoms with Crippen LogP contribution in [0, 0.1) is 10.1 Å². The number of nitro groups is 1. The lowest BCUT2D eigenvalue weighted by Crippen LogP contribution is -2.06. The van der Waals surface area contributed by atoms with Gasteiger partial charge in [0.05, 0.1) is 16.8 Å². The van der Waals surface area contributed by atoms with Crippen LogP contribution in [0.2, 0.25) is 0 Å². The van der Waals surface area contributed by atoms with E-state index in [4.69, 9.17) is 0 Å². The maximum Gasteiger partial charge on any atom is 0.295 e. The van der Waals surface area contributed by atoms with E-state index in [1.165, 1.54) is 19.2 Å². The van der Waals surface area contributed by atoms with Gasteiger partial charge in [0.25, 0.3) is 5.69 Å². The molecule has 17 heavy (non-hydrogen) atoms. The third-order valence-corrected chi connectivity index (χ3v) is 2.21. The summed E-state index contributed by atoms with van der Waals surface area (Å²) >= 11 is 0. The summed E-state index contributed by atoms with van der Waals surface area (Å²) in [5.74, 6) is -0.211. The maximum absolute atomic E-state index is 10.9. The second-order valence-electron chi connectivity index (χ2n) is 3.51. The topological polar surface area (TPSA) is 85.1 Å². The van der Waals surface area contributed by atoms with Crippen molar-refractivity contribution >= 4 is 28.2 Å². The van der Waals surface area contributed by atoms with E-state index < -0.39 is 4.92 Å². The van der Waals surface area contributed by atoms with Crippen molar-refractivity contribution in [2.75, 3.05) is 5.32 Å². The predicted octanol–water partition coefficient (Wildman–Crippen LogP) is 2.10. The first kappa shape index (κ1) is 11.0. The van der Waals surface area contributed by atoms with E-state index in [0.29, 0.717) is 16.6 Å². The maximum atomic E-state index is 10.9. The summed E-state index contributed by atoms with van der Waals surface area (Å²) in [6.45, 7) is 1.39. The third kappa shape index (κ3) is 2.20. The van der Waals surface area contributed by atoms with Gasteiger partial charge in [0.1, 0.15) is 5.52 Å². The van der Waals surface area contributed by atoms with Crippen molar-refractivity contribution < 1.29 is 9.72 Å². The minimum Gasteiger partial charge on any atom is -0.325 e. The van der Waals surface area contributed by atoms with Gasteiger partial charge in [-0.05, 0) is 6.07 Å². The van der Waals surface area contributed by atoms with Gasteiger partial charge in [-0.3, -0.25) is 14.9 Å². The molecule has 1 aromatic carbocycles. The Morgan fingerprint density at radius 1 is 1.47 bits per heavy atom. The lowest BCUT2D eigenvalue weighted by atomic mass is 10.2. The molecular formula is C11H9N3O3. The SMILES string of the molecule is CC(=O)Nc1cnc2c([N+](=O)[O-])cccc2c1. The molecule has 1 N–H and O–H groups in total. The van der Waals surface area contributed by atoms with Crippen LogP contribution >= 0.6 is 0 Å². The number of hydrogen-bond acceptors (Lipinski definition) is 4. The van der Waals surface area contributed by atoms with E-state index in [1.807, 2.05) is 0 Å². The zero-order valence-electron chi connectivity index (χ0n) is 9.01. The molecule has 0 saturated heterocycles. The molecule has 0 atom stereocenters. The number of amides is 1. The molecule has 0 fully saturated rings. The van der Waals surface area contributed by atoms with Gasteiger partial charge < -0.3 is 5.32 Å². The Balaban J connectivity index is 2.56. The zero-order valence-corrected chi connectivity index (χ0v) is 9.01. The molecule has 1 amide bonds. The lowest BCUT2D eigenvalue weighted by molar-refractivity contribution is -0.383. The molecule has 6 nitrogen and oxygen atoms in total. The van der Waals surface area contributed by atoms with E-state index in [1.54, 1.807) is 18.2 Å². The average Bonchev–Trinajstić information content (AvgIpc) is 2.26. The number of hydrogen-bond donors (Lipinski definition) is 1. The summed E-state index contributed by atoms with van der Waals surface area (Å²) in [4.78, 5) is 25.2. The molecule has 2 rings (SSSR count). The van der Waals surface area contributed by atoms with Crippen LogP contribution in [0.15, 0.2) is 30.5 Å². The number of para-hydroxylation sites is 1. The monoisotopic (exact) mass is 231 g/mol. The van der Waals surface area contributed by atoms with Gasteiger partial charge in [-0.1, -0.05) is 12.1 Å². The fraction of sp³-hybridized carbons (Fsp3) is 0.0909. The van der Waals surface area contributed by atoms with Crippen molar-refractivity contribution in [1.29, 1.82) is 0 Å². The van der Waals surface area contributed by atoms with Crippen molar-refractivity contribution in [1.82, 2.24) is 4.98 Å². The summed E-state index contributed by atoms with van der Waals surface area (Å²) in [5, 5.41) is 14.0. The number of nitrogens with one attached hydrogen (secondary N) is 1. The van der Waals surface area contributed by atoms with Crippen LogP contribution in [0.3, 0.4) is 0 Å². The summed E-state index contributed by atoms with van der Waals surface area (Å²) in [5.41, 5.74) is 0.786. The zero-order chi connectivity index (χ0) is 12.4. The average molecular weight is 231 g/mol. The Hall–Kier alpha value is -2.50. The molecule has 0 spiro atoms. The van der Waals surface area contributed by atoms with E-state index in [0.717, 1.165) is 0 Å². The number of carbonyl (C=O) groups excluding carboxylic acids is 1. The standard InChI is InChI=1S/C11H9N3O3/c1-7(15)13-9-5-8-3-2-4-10(14(16)17)11(8)12-6-9/h2-6H,1H3,(H,13,15). The Kier molecular flexibility index (Phi) is 2.70. The van der Waals surface area contributed by atoms with Crippen LogP contribution in [-0.4, -0.2) is 15.8 Å². The fourth-order valence-electron chi connectivity index (χ4n) is 1.56. The highest BCUT2D eigenvalue weighted by atomic mass is 16.6. The van der Waals surface area contributed by atoms with E-state index in [2.05, 4.69) is 10.3 Å². The van der Waals surface area contributed by atoms with Gasteiger partial charge in [-0.25, -0.2) is 4.98 Å². The first-order chi connectivity index (χ1) is 8.08. The first-order valence-corrected chi connectivity index (χ1v) is 4.88. The number of anilines is 1. The number of carbonyl (C=O) groups is 1. The highest BCUT2D eigenvalue weighted by Crippen LogP contribution is 2.25. The van der Waals surface area contributed by atoms with Crippen LogP contribution in [0.1, 0.15) is 6.92 Å². The summed E-state index contributed by atoms with van der Waals surface area (Å²) in [7, 11) is 0. The molecule has 1 aromatic heterocycles. The second-order valence-corrected chi connectivity index (χ2v) is 3.51. The first-order valence-electron chi connectivity index (χ1n) is 4.88. The van der Waals surface area contributed by atoms with Crippen molar-refractivity contribution in [3.63, 3.8) is 0 Å². The van der Waals surface area contributed by atoms with E-state index in [9.17, 15) is 14.9 Å². The Morgan fingerprint density at radius 2 is 2.24 bits per heavy atom. The summed E-state index contributed by atoms with van der Waals surface area (Å²) in [6, 6.07) is 6.34. The van der Waals surface area contributed by atoms with Crippen LogP contribution in [0.25, 0.3) is 10.9 Å². The second kappa shape index (κ2) is 4.17. The minimum atomic E-state index is -0.479. The fourth-order valence-corrected chi connectivity index (χ4v) is 1.56. The van der Waals surface area contributed by atoms with Gasteiger partial charge in [0.2, 0.25) is 5.91 Å². The molecule has 2 aromatic rings. The molecule has 0 aliphatic heterocycles. The van der Waals surface area contributed by atoms with Gasteiger partial charge in [-0.15, -0.1) is 0 Å². The van der Waals surface area contributed by atoms with E-state index in [-0.39, 0.29) is 11.6 Å². The normalized spacial score (nSPS) is 10.2. The number of nitro benzene ring substituents is 1. The Labute approximate surface area is 96.4 Å². The van der Waals surface area contributed by atoms with Crippen LogP contribution in [-0.2, 0) is 4.79 Å². The van der Waals surface area contributed by atoms with Gasteiger partial charge in [0, 0.05) is 18.4 Å². The number of rotatable bonds is 2. The summed E-state index contributed by atoms with van der Waals surface area (Å²) in [6.07, 6.45) is 1.40. The molecule has 0 saturated carbocycles. The molecule has 0 unspecified atom stereocenters. The predicted molar refractivity (Wildman–Crippen MR) is 62.7 cm³/mol. The smallest absolute Gasteiger partial charge is 0.295 e. The Bertz CT molecular complexity index is 610. The molecule has 0 radical (unpaired) electrons. The molecule has 0 bridgehead atoms. The van der Waals surface area contributed by atoms with Crippen molar-refractivity contribution in [3.05, 3.63) is 40.6 Å². The molecule has 6 heteroatoms. The number of nitrogens with zero attached hydrogens (tertiary/aromatic N) is 2. The van der Waals surface area contributed by atoms with Crippen LogP contribution in [0.4, 0.5) is 11.4 Å². The number of non-ortho nitro benzene ring substituents is 1. The quantitative estimate of drug-likeness (QED) is 0.633. The largest absolute Gasteiger partial charge is 0.325 e. The van der Waals surface area contributed by atoms with Crippen LogP contribution < -0.4 is 5.32 Å². The molecule has 1 heterocycles. The van der Waals surface area contributed by atoms with Crippen molar-refractivity contribution in [2.45, 2.75) is 6.92 Å². The molecule has 0 aliphatic rings. The lowest BCUT2D eigenvalue weighted by Gasteiger charge is -2.03. The number of fused-ring (bicyclic) bond motifs is 1. The number of aromatic nitrogens is 1.